The van der Waals surface area contributed by atoms with Crippen LogP contribution in [0.1, 0.15) is 26.2 Å². The van der Waals surface area contributed by atoms with Gasteiger partial charge in [0.2, 0.25) is 0 Å². The fraction of sp³-hybridized carbons (Fsp3) is 1.00. The van der Waals surface area contributed by atoms with Gasteiger partial charge < -0.3 is 19.6 Å². The molecule has 0 unspecified atom stereocenters. The minimum Gasteiger partial charge on any atom is -0.312 e. The Hall–Kier alpha value is 0.260. The first-order chi connectivity index (χ1) is 6.19. The molecule has 86 valence electrons. The van der Waals surface area contributed by atoms with E-state index in [0.29, 0.717) is 12.8 Å². The van der Waals surface area contributed by atoms with Gasteiger partial charge in [-0.05, 0) is 6.42 Å². The number of hydrogen-bond acceptors (Lipinski definition) is 2. The van der Waals surface area contributed by atoms with E-state index in [-0.39, 0.29) is 11.0 Å². The zero-order valence-electron chi connectivity index (χ0n) is 7.78. The second kappa shape index (κ2) is 5.37. The van der Waals surface area contributed by atoms with Crippen molar-refractivity contribution >= 4 is 15.5 Å². The zero-order valence-corrected chi connectivity index (χ0v) is 9.56. The normalized spacial score (nSPS) is 13.6. The first-order valence-electron chi connectivity index (χ1n) is 4.09. The second-order valence-corrected chi connectivity index (χ2v) is 6.16. The summed E-state index contributed by atoms with van der Waals surface area (Å²) in [6.45, 7) is 1.57. The largest absolute Gasteiger partial charge is 0.412 e. The molecule has 0 aliphatic heterocycles. The van der Waals surface area contributed by atoms with E-state index >= 15 is 0 Å². The van der Waals surface area contributed by atoms with Gasteiger partial charge in [-0.15, -0.1) is 4.44 Å². The van der Waals surface area contributed by atoms with Crippen LogP contribution in [-0.4, -0.2) is 30.6 Å². The highest BCUT2D eigenvalue weighted by molar-refractivity contribution is 7.65. The average molecular weight is 247 g/mol. The summed E-state index contributed by atoms with van der Waals surface area (Å²) in [4.78, 5) is 34.6. The summed E-state index contributed by atoms with van der Waals surface area (Å²) in [6, 6.07) is 0. The molecule has 0 amide bonds. The molecule has 0 aliphatic rings. The Morgan fingerprint density at radius 2 is 1.43 bits per heavy atom. The highest BCUT2D eigenvalue weighted by atomic mass is 31.3. The molecule has 0 spiro atoms. The number of hydrogen-bond donors (Lipinski definition) is 4. The summed E-state index contributed by atoms with van der Waals surface area (Å²) in [6.07, 6.45) is 1.80. The predicted octanol–water partition coefficient (Wildman–Crippen LogP) is 0.664. The molecule has 0 bridgehead atoms. The number of unbranched alkanes of at least 4 members (excludes halogenated alkanes) is 2. The maximum Gasteiger partial charge on any atom is 0.412 e. The maximum absolute atomic E-state index is 10.7. The highest BCUT2D eigenvalue weighted by Gasteiger charge is 2.38. The highest BCUT2D eigenvalue weighted by Crippen LogP contribution is 2.57. The van der Waals surface area contributed by atoms with Crippen LogP contribution < -0.4 is 0 Å². The lowest BCUT2D eigenvalue weighted by Gasteiger charge is -2.22. The van der Waals surface area contributed by atoms with Gasteiger partial charge in [0.15, 0.2) is 0 Å². The Labute approximate surface area is 82.2 Å². The van der Waals surface area contributed by atoms with Crippen molar-refractivity contribution in [2.45, 2.75) is 26.2 Å². The lowest BCUT2D eigenvalue weighted by molar-refractivity contribution is 0.267. The molecule has 14 heavy (non-hydrogen) atoms. The Morgan fingerprint density at radius 3 is 1.71 bits per heavy atom. The van der Waals surface area contributed by atoms with Crippen molar-refractivity contribution < 1.29 is 28.7 Å². The van der Waals surface area contributed by atoms with Gasteiger partial charge in [0.1, 0.15) is 0 Å². The monoisotopic (exact) mass is 247 g/mol. The summed E-state index contributed by atoms with van der Waals surface area (Å²) < 4.78 is 21.3. The van der Waals surface area contributed by atoms with Crippen LogP contribution in [0.15, 0.2) is 0 Å². The van der Waals surface area contributed by atoms with Crippen molar-refractivity contribution in [2.75, 3.05) is 6.54 Å². The van der Waals surface area contributed by atoms with E-state index in [4.69, 9.17) is 19.6 Å². The van der Waals surface area contributed by atoms with Crippen LogP contribution in [0.25, 0.3) is 0 Å². The van der Waals surface area contributed by atoms with Crippen molar-refractivity contribution in [3.63, 3.8) is 0 Å². The quantitative estimate of drug-likeness (QED) is 0.402. The number of nitrogens with zero attached hydrogens (tertiary/aromatic N) is 1. The summed E-state index contributed by atoms with van der Waals surface area (Å²) in [5, 5.41) is 0. The van der Waals surface area contributed by atoms with Gasteiger partial charge in [0.25, 0.3) is 0 Å². The third-order valence-electron chi connectivity index (χ3n) is 1.56. The maximum atomic E-state index is 10.7. The molecular formula is C5H15NO6P2. The predicted molar refractivity (Wildman–Crippen MR) is 50.3 cm³/mol. The third kappa shape index (κ3) is 5.22. The van der Waals surface area contributed by atoms with Crippen molar-refractivity contribution in [1.82, 2.24) is 4.44 Å². The first-order valence-corrected chi connectivity index (χ1v) is 7.22. The molecule has 7 nitrogen and oxygen atoms in total. The van der Waals surface area contributed by atoms with Crippen molar-refractivity contribution in [2.24, 2.45) is 0 Å². The molecule has 0 rings (SSSR count). The van der Waals surface area contributed by atoms with E-state index in [9.17, 15) is 9.13 Å². The molecule has 0 atom stereocenters. The van der Waals surface area contributed by atoms with Crippen LogP contribution in [0.5, 0.6) is 0 Å². The van der Waals surface area contributed by atoms with Crippen LogP contribution >= 0.6 is 15.5 Å². The molecule has 0 saturated heterocycles. The van der Waals surface area contributed by atoms with E-state index in [2.05, 4.69) is 0 Å². The smallest absolute Gasteiger partial charge is 0.312 e. The molecule has 0 heterocycles. The molecule has 4 N–H and O–H groups in total. The summed E-state index contributed by atoms with van der Waals surface area (Å²) >= 11 is 0. The minimum atomic E-state index is -4.87. The van der Waals surface area contributed by atoms with Crippen LogP contribution in [0.3, 0.4) is 0 Å². The van der Waals surface area contributed by atoms with E-state index in [1.165, 1.54) is 0 Å². The molecule has 0 radical (unpaired) electrons. The van der Waals surface area contributed by atoms with Crippen LogP contribution in [0.2, 0.25) is 0 Å². The molecule has 0 fully saturated rings. The minimum absolute atomic E-state index is 0.0599. The average Bonchev–Trinajstić information content (AvgIpc) is 1.92. The molecule has 0 aromatic carbocycles. The van der Waals surface area contributed by atoms with Gasteiger partial charge in [-0.2, -0.15) is 0 Å². The van der Waals surface area contributed by atoms with Gasteiger partial charge in [0.05, 0.1) is 0 Å². The van der Waals surface area contributed by atoms with Crippen molar-refractivity contribution in [1.29, 1.82) is 0 Å². The fourth-order valence-electron chi connectivity index (χ4n) is 0.916. The molecule has 9 heteroatoms. The molecule has 0 aromatic heterocycles. The van der Waals surface area contributed by atoms with E-state index in [1.54, 1.807) is 0 Å². The lowest BCUT2D eigenvalue weighted by atomic mass is 10.3. The summed E-state index contributed by atoms with van der Waals surface area (Å²) in [7, 11) is -9.73. The summed E-state index contributed by atoms with van der Waals surface area (Å²) in [5.41, 5.74) is 0. The Balaban J connectivity index is 4.45. The van der Waals surface area contributed by atoms with Crippen LogP contribution in [0, 0.1) is 0 Å². The van der Waals surface area contributed by atoms with Gasteiger partial charge in [0, 0.05) is 6.54 Å². The Morgan fingerprint density at radius 1 is 1.00 bits per heavy atom. The zero-order chi connectivity index (χ0) is 11.4. The SMILES string of the molecule is CCCCCN(P(=O)(O)O)P(=O)(O)O. The third-order valence-corrected chi connectivity index (χ3v) is 4.56. The van der Waals surface area contributed by atoms with Gasteiger partial charge in [-0.1, -0.05) is 19.8 Å². The molecule has 0 aromatic rings. The van der Waals surface area contributed by atoms with Crippen LogP contribution in [-0.2, 0) is 9.13 Å². The van der Waals surface area contributed by atoms with Gasteiger partial charge in [-0.25, -0.2) is 9.13 Å². The molecule has 0 saturated carbocycles. The van der Waals surface area contributed by atoms with Crippen molar-refractivity contribution in [3.05, 3.63) is 0 Å². The summed E-state index contributed by atoms with van der Waals surface area (Å²) in [5.74, 6) is 0. The standard InChI is InChI=1S/C5H15NO6P2/c1-2-3-4-5-6(13(7,8)9)14(10,11)12/h2-5H2,1H3,(H2,7,8,9)(H2,10,11,12). The van der Waals surface area contributed by atoms with Crippen LogP contribution in [0.4, 0.5) is 0 Å². The van der Waals surface area contributed by atoms with Gasteiger partial charge >= 0.3 is 15.5 Å². The van der Waals surface area contributed by atoms with Gasteiger partial charge in [-0.3, -0.25) is 0 Å². The second-order valence-electron chi connectivity index (χ2n) is 2.83. The van der Waals surface area contributed by atoms with E-state index < -0.39 is 15.5 Å². The number of rotatable bonds is 6. The first kappa shape index (κ1) is 14.3. The Bertz CT molecular complexity index is 235. The molecular weight excluding hydrogens is 232 g/mol. The van der Waals surface area contributed by atoms with E-state index in [1.807, 2.05) is 6.92 Å². The van der Waals surface area contributed by atoms with Crippen molar-refractivity contribution in [3.8, 4) is 0 Å². The Kier molecular flexibility index (Phi) is 5.47. The van der Waals surface area contributed by atoms with E-state index in [0.717, 1.165) is 6.42 Å². The topological polar surface area (TPSA) is 118 Å². The fourth-order valence-corrected chi connectivity index (χ4v) is 2.93. The lowest BCUT2D eigenvalue weighted by Crippen LogP contribution is -2.18. The molecule has 0 aliphatic carbocycles.